The summed E-state index contributed by atoms with van der Waals surface area (Å²) in [5.41, 5.74) is 1.76. The molecule has 0 saturated carbocycles. The number of carbonyl (C=O) groups is 1. The molecule has 1 aromatic heterocycles. The molecule has 0 N–H and O–H groups in total. The highest BCUT2D eigenvalue weighted by Gasteiger charge is 2.17. The molecule has 0 spiro atoms. The molecule has 0 bridgehead atoms. The second-order valence-corrected chi connectivity index (χ2v) is 6.69. The molecule has 146 valence electrons. The first-order valence-electron chi connectivity index (χ1n) is 8.87. The molecule has 0 fully saturated rings. The van der Waals surface area contributed by atoms with Gasteiger partial charge in [0.2, 0.25) is 0 Å². The quantitative estimate of drug-likeness (QED) is 0.371. The lowest BCUT2D eigenvalue weighted by atomic mass is 9.99. The average molecular weight is 382 g/mol. The molecule has 6 nitrogen and oxygen atoms in total. The van der Waals surface area contributed by atoms with Crippen LogP contribution in [0.1, 0.15) is 19.4 Å². The Morgan fingerprint density at radius 3 is 2.36 bits per heavy atom. The van der Waals surface area contributed by atoms with Crippen molar-refractivity contribution in [1.82, 2.24) is 0 Å². The van der Waals surface area contributed by atoms with Crippen LogP contribution in [0.3, 0.4) is 0 Å². The van der Waals surface area contributed by atoms with Crippen LogP contribution in [0.4, 0.5) is 0 Å². The van der Waals surface area contributed by atoms with Gasteiger partial charge in [-0.15, -0.1) is 0 Å². The van der Waals surface area contributed by atoms with E-state index in [4.69, 9.17) is 18.6 Å². The van der Waals surface area contributed by atoms with Crippen LogP contribution >= 0.6 is 0 Å². The van der Waals surface area contributed by atoms with Crippen molar-refractivity contribution in [2.75, 3.05) is 14.2 Å². The van der Waals surface area contributed by atoms with Crippen LogP contribution in [-0.2, 0) is 4.79 Å². The van der Waals surface area contributed by atoms with Gasteiger partial charge < -0.3 is 18.6 Å². The first-order chi connectivity index (χ1) is 13.3. The van der Waals surface area contributed by atoms with Gasteiger partial charge in [0.1, 0.15) is 11.3 Å². The van der Waals surface area contributed by atoms with Gasteiger partial charge in [-0.25, -0.2) is 4.79 Å². The Bertz CT molecular complexity index is 1090. The molecule has 0 aliphatic rings. The summed E-state index contributed by atoms with van der Waals surface area (Å²) in [4.78, 5) is 24.5. The minimum atomic E-state index is -0.482. The molecular weight excluding hydrogens is 360 g/mol. The number of esters is 1. The van der Waals surface area contributed by atoms with Crippen LogP contribution in [0.15, 0.2) is 45.6 Å². The average Bonchev–Trinajstić information content (AvgIpc) is 2.67. The van der Waals surface area contributed by atoms with Crippen molar-refractivity contribution in [2.24, 2.45) is 5.92 Å². The van der Waals surface area contributed by atoms with E-state index in [1.165, 1.54) is 7.11 Å². The second-order valence-electron chi connectivity index (χ2n) is 6.69. The van der Waals surface area contributed by atoms with E-state index < -0.39 is 5.63 Å². The molecule has 28 heavy (non-hydrogen) atoms. The van der Waals surface area contributed by atoms with E-state index in [0.29, 0.717) is 34.0 Å². The van der Waals surface area contributed by atoms with Gasteiger partial charge in [-0.1, -0.05) is 19.9 Å². The number of benzene rings is 2. The molecule has 0 atom stereocenters. The van der Waals surface area contributed by atoms with Crippen molar-refractivity contribution in [3.63, 3.8) is 0 Å². The summed E-state index contributed by atoms with van der Waals surface area (Å²) in [6, 6.07) is 10.3. The Kier molecular flexibility index (Phi) is 5.40. The highest BCUT2D eigenvalue weighted by Crippen LogP contribution is 2.34. The van der Waals surface area contributed by atoms with Gasteiger partial charge in [0, 0.05) is 11.5 Å². The summed E-state index contributed by atoms with van der Waals surface area (Å²) in [6.45, 7) is 5.36. The first kappa shape index (κ1) is 19.5. The highest BCUT2D eigenvalue weighted by atomic mass is 16.5. The van der Waals surface area contributed by atoms with Crippen molar-refractivity contribution < 1.29 is 23.4 Å². The second kappa shape index (κ2) is 7.76. The smallest absolute Gasteiger partial charge is 0.344 e. The molecule has 0 aliphatic heterocycles. The Labute approximate surface area is 162 Å². The largest absolute Gasteiger partial charge is 0.493 e. The number of hydrogen-bond acceptors (Lipinski definition) is 6. The maximum atomic E-state index is 12.7. The SMILES string of the molecule is COc1ccc(-c2c(C)c3ccc(OC(=O)C(C)C)cc3oc2=O)cc1OC. The number of ether oxygens (including phenoxy) is 3. The zero-order valence-electron chi connectivity index (χ0n) is 16.5. The van der Waals surface area contributed by atoms with E-state index >= 15 is 0 Å². The predicted molar refractivity (Wildman–Crippen MR) is 106 cm³/mol. The van der Waals surface area contributed by atoms with Crippen LogP contribution in [0, 0.1) is 12.8 Å². The summed E-state index contributed by atoms with van der Waals surface area (Å²) >= 11 is 0. The van der Waals surface area contributed by atoms with Crippen LogP contribution in [0.2, 0.25) is 0 Å². The normalized spacial score (nSPS) is 10.9. The van der Waals surface area contributed by atoms with Crippen molar-refractivity contribution in [1.29, 1.82) is 0 Å². The maximum absolute atomic E-state index is 12.7. The molecular formula is C22H22O6. The van der Waals surface area contributed by atoms with E-state index in [9.17, 15) is 9.59 Å². The summed E-state index contributed by atoms with van der Waals surface area (Å²) in [6.07, 6.45) is 0. The van der Waals surface area contributed by atoms with Gasteiger partial charge in [-0.3, -0.25) is 4.79 Å². The third-order valence-electron chi connectivity index (χ3n) is 4.50. The minimum Gasteiger partial charge on any atom is -0.493 e. The first-order valence-corrected chi connectivity index (χ1v) is 8.87. The lowest BCUT2D eigenvalue weighted by Crippen LogP contribution is -2.14. The molecule has 0 aliphatic carbocycles. The molecule has 0 saturated heterocycles. The topological polar surface area (TPSA) is 75.0 Å². The number of hydrogen-bond donors (Lipinski definition) is 0. The lowest BCUT2D eigenvalue weighted by Gasteiger charge is -2.12. The number of fused-ring (bicyclic) bond motifs is 1. The molecule has 0 unspecified atom stereocenters. The molecule has 1 heterocycles. The van der Waals surface area contributed by atoms with Crippen LogP contribution in [-0.4, -0.2) is 20.2 Å². The van der Waals surface area contributed by atoms with E-state index in [-0.39, 0.29) is 11.9 Å². The van der Waals surface area contributed by atoms with Gasteiger partial charge in [0.25, 0.3) is 0 Å². The zero-order chi connectivity index (χ0) is 20.4. The van der Waals surface area contributed by atoms with Gasteiger partial charge in [-0.2, -0.15) is 0 Å². The number of aryl methyl sites for hydroxylation is 1. The molecule has 2 aromatic carbocycles. The van der Waals surface area contributed by atoms with E-state index in [1.54, 1.807) is 57.4 Å². The number of methoxy groups -OCH3 is 2. The van der Waals surface area contributed by atoms with Crippen LogP contribution in [0.5, 0.6) is 17.2 Å². The van der Waals surface area contributed by atoms with Gasteiger partial charge in [-0.05, 0) is 42.3 Å². The van der Waals surface area contributed by atoms with Crippen molar-refractivity contribution >= 4 is 16.9 Å². The fourth-order valence-electron chi connectivity index (χ4n) is 2.96. The van der Waals surface area contributed by atoms with Gasteiger partial charge in [0.05, 0.1) is 25.7 Å². The number of rotatable bonds is 5. The van der Waals surface area contributed by atoms with Crippen molar-refractivity contribution in [2.45, 2.75) is 20.8 Å². The Balaban J connectivity index is 2.11. The molecule has 3 rings (SSSR count). The number of carbonyl (C=O) groups excluding carboxylic acids is 1. The van der Waals surface area contributed by atoms with Gasteiger partial charge in [0.15, 0.2) is 11.5 Å². The highest BCUT2D eigenvalue weighted by molar-refractivity contribution is 5.88. The fraction of sp³-hybridized carbons (Fsp3) is 0.273. The Morgan fingerprint density at radius 1 is 1.00 bits per heavy atom. The summed E-state index contributed by atoms with van der Waals surface area (Å²) in [5.74, 6) is 0.838. The summed E-state index contributed by atoms with van der Waals surface area (Å²) in [7, 11) is 3.09. The standard InChI is InChI=1S/C22H22O6/c1-12(2)21(23)27-15-7-8-16-13(3)20(22(24)28-18(16)11-15)14-6-9-17(25-4)19(10-14)26-5/h6-12H,1-5H3. The fourth-order valence-corrected chi connectivity index (χ4v) is 2.96. The summed E-state index contributed by atoms with van der Waals surface area (Å²) in [5, 5.41) is 0.758. The lowest BCUT2D eigenvalue weighted by molar-refractivity contribution is -0.137. The monoisotopic (exact) mass is 382 g/mol. The van der Waals surface area contributed by atoms with E-state index in [1.807, 2.05) is 6.92 Å². The van der Waals surface area contributed by atoms with E-state index in [0.717, 1.165) is 10.9 Å². The van der Waals surface area contributed by atoms with Crippen molar-refractivity contribution in [3.05, 3.63) is 52.4 Å². The van der Waals surface area contributed by atoms with E-state index in [2.05, 4.69) is 0 Å². The maximum Gasteiger partial charge on any atom is 0.344 e. The molecule has 3 aromatic rings. The molecule has 6 heteroatoms. The van der Waals surface area contributed by atoms with Gasteiger partial charge >= 0.3 is 11.6 Å². The predicted octanol–water partition coefficient (Wildman–Crippen LogP) is 4.35. The Hall–Kier alpha value is -3.28. The molecule has 0 amide bonds. The Morgan fingerprint density at radius 2 is 1.71 bits per heavy atom. The van der Waals surface area contributed by atoms with Crippen LogP contribution < -0.4 is 19.8 Å². The molecule has 0 radical (unpaired) electrons. The third-order valence-corrected chi connectivity index (χ3v) is 4.50. The third kappa shape index (κ3) is 3.58. The van der Waals surface area contributed by atoms with Crippen LogP contribution in [0.25, 0.3) is 22.1 Å². The van der Waals surface area contributed by atoms with Crippen molar-refractivity contribution in [3.8, 4) is 28.4 Å². The zero-order valence-corrected chi connectivity index (χ0v) is 16.5. The summed E-state index contributed by atoms with van der Waals surface area (Å²) < 4.78 is 21.4. The minimum absolute atomic E-state index is 0.253.